The number of hydrazone groups is 1. The number of methoxy groups -OCH3 is 1. The molecule has 28 heavy (non-hydrogen) atoms. The molecule has 0 atom stereocenters. The number of ether oxygens (including phenoxy) is 1. The van der Waals surface area contributed by atoms with Crippen LogP contribution in [0.15, 0.2) is 87.7 Å². The third-order valence-electron chi connectivity index (χ3n) is 4.35. The van der Waals surface area contributed by atoms with Crippen molar-refractivity contribution < 1.29 is 13.2 Å². The predicted octanol–water partition coefficient (Wildman–Crippen LogP) is 4.67. The molecule has 3 aromatic carbocycles. The molecule has 0 spiro atoms. The fourth-order valence-corrected chi connectivity index (χ4v) is 3.98. The Labute approximate surface area is 165 Å². The average molecular weight is 394 g/mol. The number of hydrogen-bond donors (Lipinski definition) is 1. The summed E-state index contributed by atoms with van der Waals surface area (Å²) in [5.41, 5.74) is 6.31. The largest absolute Gasteiger partial charge is 0.496 e. The quantitative estimate of drug-likeness (QED) is 0.487. The third kappa shape index (κ3) is 4.23. The van der Waals surface area contributed by atoms with Crippen LogP contribution in [0.1, 0.15) is 18.1 Å². The van der Waals surface area contributed by atoms with Gasteiger partial charge in [-0.15, -0.1) is 0 Å². The van der Waals surface area contributed by atoms with E-state index in [1.165, 1.54) is 0 Å². The van der Waals surface area contributed by atoms with Crippen LogP contribution < -0.4 is 10.2 Å². The van der Waals surface area contributed by atoms with Crippen LogP contribution in [0.25, 0.3) is 0 Å². The number of anilines is 1. The second kappa shape index (κ2) is 8.27. The van der Waals surface area contributed by atoms with Crippen molar-refractivity contribution in [3.63, 3.8) is 0 Å². The summed E-state index contributed by atoms with van der Waals surface area (Å²) in [6, 6.07) is 21.0. The number of hydrogen-bond acceptors (Lipinski definition) is 5. The summed E-state index contributed by atoms with van der Waals surface area (Å²) in [6.07, 6.45) is 0. The maximum Gasteiger partial charge on any atom is 0.206 e. The smallest absolute Gasteiger partial charge is 0.206 e. The minimum absolute atomic E-state index is 0.243. The Morgan fingerprint density at radius 1 is 0.893 bits per heavy atom. The summed E-state index contributed by atoms with van der Waals surface area (Å²) in [4.78, 5) is 0.524. The van der Waals surface area contributed by atoms with Crippen LogP contribution in [0.5, 0.6) is 5.75 Å². The Hall–Kier alpha value is -3.12. The topological polar surface area (TPSA) is 67.8 Å². The van der Waals surface area contributed by atoms with Crippen molar-refractivity contribution in [1.82, 2.24) is 0 Å². The zero-order chi connectivity index (χ0) is 20.1. The van der Waals surface area contributed by atoms with Crippen molar-refractivity contribution in [3.8, 4) is 5.75 Å². The van der Waals surface area contributed by atoms with Crippen molar-refractivity contribution in [2.45, 2.75) is 23.6 Å². The molecule has 0 saturated carbocycles. The highest BCUT2D eigenvalue weighted by atomic mass is 32.2. The first-order valence-corrected chi connectivity index (χ1v) is 10.3. The van der Waals surface area contributed by atoms with E-state index in [4.69, 9.17) is 4.74 Å². The van der Waals surface area contributed by atoms with Gasteiger partial charge >= 0.3 is 0 Å². The van der Waals surface area contributed by atoms with Crippen LogP contribution in [0, 0.1) is 6.92 Å². The normalized spacial score (nSPS) is 11.9. The first-order valence-electron chi connectivity index (χ1n) is 8.77. The lowest BCUT2D eigenvalue weighted by atomic mass is 10.1. The molecule has 5 nitrogen and oxygen atoms in total. The summed E-state index contributed by atoms with van der Waals surface area (Å²) in [5, 5.41) is 4.37. The minimum Gasteiger partial charge on any atom is -0.496 e. The van der Waals surface area contributed by atoms with Gasteiger partial charge in [0.15, 0.2) is 0 Å². The van der Waals surface area contributed by atoms with Gasteiger partial charge in [-0.3, -0.25) is 5.43 Å². The van der Waals surface area contributed by atoms with Gasteiger partial charge in [0.2, 0.25) is 9.84 Å². The number of benzene rings is 3. The summed E-state index contributed by atoms with van der Waals surface area (Å²) in [7, 11) is -1.92. The number of sulfone groups is 1. The minimum atomic E-state index is -3.54. The van der Waals surface area contributed by atoms with Crippen LogP contribution >= 0.6 is 0 Å². The van der Waals surface area contributed by atoms with Crippen molar-refractivity contribution >= 4 is 21.2 Å². The van der Waals surface area contributed by atoms with Crippen LogP contribution in [0.4, 0.5) is 5.69 Å². The highest BCUT2D eigenvalue weighted by Gasteiger charge is 2.17. The SMILES string of the molecule is COc1ccccc1/C(C)=N\Nc1ccc(S(=O)(=O)c2ccc(C)cc2)cc1. The van der Waals surface area contributed by atoms with E-state index in [-0.39, 0.29) is 9.79 Å². The molecule has 0 aliphatic heterocycles. The van der Waals surface area contributed by atoms with Crippen LogP contribution in [-0.2, 0) is 9.84 Å². The Bertz CT molecular complexity index is 1090. The molecule has 0 unspecified atom stereocenters. The molecule has 3 aromatic rings. The zero-order valence-electron chi connectivity index (χ0n) is 16.0. The Morgan fingerprint density at radius 2 is 1.46 bits per heavy atom. The molecule has 0 amide bonds. The summed E-state index contributed by atoms with van der Waals surface area (Å²) >= 11 is 0. The van der Waals surface area contributed by atoms with Gasteiger partial charge in [-0.2, -0.15) is 5.10 Å². The maximum absolute atomic E-state index is 12.7. The number of rotatable bonds is 6. The molecule has 0 saturated heterocycles. The van der Waals surface area contributed by atoms with Gasteiger partial charge in [-0.1, -0.05) is 29.8 Å². The predicted molar refractivity (Wildman–Crippen MR) is 112 cm³/mol. The lowest BCUT2D eigenvalue weighted by molar-refractivity contribution is 0.414. The van der Waals surface area contributed by atoms with Crippen molar-refractivity contribution in [1.29, 1.82) is 0 Å². The molecule has 0 bridgehead atoms. The second-order valence-corrected chi connectivity index (χ2v) is 8.30. The summed E-state index contributed by atoms with van der Waals surface area (Å²) < 4.78 is 30.8. The average Bonchev–Trinajstić information content (AvgIpc) is 2.72. The lowest BCUT2D eigenvalue weighted by Gasteiger charge is -2.09. The number of nitrogens with zero attached hydrogens (tertiary/aromatic N) is 1. The second-order valence-electron chi connectivity index (χ2n) is 6.35. The van der Waals surface area contributed by atoms with Gasteiger partial charge in [0.1, 0.15) is 5.75 Å². The molecule has 0 radical (unpaired) electrons. The van der Waals surface area contributed by atoms with Gasteiger partial charge in [-0.05, 0) is 62.4 Å². The molecule has 0 heterocycles. The molecule has 144 valence electrons. The Kier molecular flexibility index (Phi) is 5.80. The van der Waals surface area contributed by atoms with Crippen molar-refractivity contribution in [2.75, 3.05) is 12.5 Å². The standard InChI is InChI=1S/C22H22N2O3S/c1-16-8-12-19(13-9-16)28(25,26)20-14-10-18(11-15-20)24-23-17(2)21-6-4-5-7-22(21)27-3/h4-15,24H,1-3H3/b23-17-. The van der Waals surface area contributed by atoms with E-state index in [1.807, 2.05) is 38.1 Å². The number of aryl methyl sites for hydroxylation is 1. The highest BCUT2D eigenvalue weighted by Crippen LogP contribution is 2.23. The lowest BCUT2D eigenvalue weighted by Crippen LogP contribution is -2.03. The van der Waals surface area contributed by atoms with Gasteiger partial charge < -0.3 is 4.74 Å². The van der Waals surface area contributed by atoms with E-state index in [2.05, 4.69) is 10.5 Å². The molecule has 0 aromatic heterocycles. The molecule has 3 rings (SSSR count). The Morgan fingerprint density at radius 3 is 2.07 bits per heavy atom. The number of nitrogens with one attached hydrogen (secondary N) is 1. The van der Waals surface area contributed by atoms with E-state index in [0.717, 1.165) is 22.6 Å². The van der Waals surface area contributed by atoms with Crippen LogP contribution in [0.2, 0.25) is 0 Å². The molecule has 0 aliphatic rings. The monoisotopic (exact) mass is 394 g/mol. The maximum atomic E-state index is 12.7. The summed E-state index contributed by atoms with van der Waals surface area (Å²) in [6.45, 7) is 3.80. The molecule has 6 heteroatoms. The molecular formula is C22H22N2O3S. The third-order valence-corrected chi connectivity index (χ3v) is 6.13. The molecule has 0 aliphatic carbocycles. The first kappa shape index (κ1) is 19.6. The fourth-order valence-electron chi connectivity index (χ4n) is 2.71. The van der Waals surface area contributed by atoms with Gasteiger partial charge in [-0.25, -0.2) is 8.42 Å². The fraction of sp³-hybridized carbons (Fsp3) is 0.136. The Balaban J connectivity index is 1.78. The van der Waals surface area contributed by atoms with E-state index in [1.54, 1.807) is 55.6 Å². The molecule has 1 N–H and O–H groups in total. The van der Waals surface area contributed by atoms with Gasteiger partial charge in [0, 0.05) is 5.56 Å². The molecule has 0 fully saturated rings. The highest BCUT2D eigenvalue weighted by molar-refractivity contribution is 7.91. The number of para-hydroxylation sites is 1. The van der Waals surface area contributed by atoms with Crippen LogP contribution in [0.3, 0.4) is 0 Å². The molecular weight excluding hydrogens is 372 g/mol. The van der Waals surface area contributed by atoms with E-state index in [0.29, 0.717) is 5.69 Å². The van der Waals surface area contributed by atoms with E-state index in [9.17, 15) is 8.42 Å². The first-order chi connectivity index (χ1) is 13.4. The van der Waals surface area contributed by atoms with E-state index < -0.39 is 9.84 Å². The van der Waals surface area contributed by atoms with Crippen molar-refractivity contribution in [2.24, 2.45) is 5.10 Å². The van der Waals surface area contributed by atoms with E-state index >= 15 is 0 Å². The van der Waals surface area contributed by atoms with Gasteiger partial charge in [0.05, 0.1) is 28.3 Å². The van der Waals surface area contributed by atoms with Crippen molar-refractivity contribution in [3.05, 3.63) is 83.9 Å². The van der Waals surface area contributed by atoms with Gasteiger partial charge in [0.25, 0.3) is 0 Å². The zero-order valence-corrected chi connectivity index (χ0v) is 16.8. The summed E-state index contributed by atoms with van der Waals surface area (Å²) in [5.74, 6) is 0.741. The van der Waals surface area contributed by atoms with Crippen LogP contribution in [-0.4, -0.2) is 21.2 Å².